The summed E-state index contributed by atoms with van der Waals surface area (Å²) in [6.07, 6.45) is 2.48. The molecule has 0 spiro atoms. The molecule has 108 valence electrons. The number of hydrogen-bond acceptors (Lipinski definition) is 4. The molecule has 6 nitrogen and oxygen atoms in total. The SMILES string of the molecule is NC(=NO)c1cccc(CNC(=O)C2CCCCO2)c1. The van der Waals surface area contributed by atoms with Crippen molar-refractivity contribution in [3.8, 4) is 0 Å². The van der Waals surface area contributed by atoms with E-state index in [2.05, 4.69) is 10.5 Å². The average Bonchev–Trinajstić information content (AvgIpc) is 2.53. The Kier molecular flexibility index (Phi) is 4.95. The maximum Gasteiger partial charge on any atom is 0.249 e. The second kappa shape index (κ2) is 6.91. The van der Waals surface area contributed by atoms with Gasteiger partial charge in [-0.25, -0.2) is 0 Å². The van der Waals surface area contributed by atoms with Gasteiger partial charge in [0.15, 0.2) is 5.84 Å². The van der Waals surface area contributed by atoms with Crippen molar-refractivity contribution < 1.29 is 14.7 Å². The topological polar surface area (TPSA) is 96.9 Å². The minimum absolute atomic E-state index is 0.0498. The van der Waals surface area contributed by atoms with E-state index in [1.807, 2.05) is 6.07 Å². The predicted molar refractivity (Wildman–Crippen MR) is 74.4 cm³/mol. The first kappa shape index (κ1) is 14.3. The molecule has 1 aromatic rings. The van der Waals surface area contributed by atoms with Crippen LogP contribution in [0.1, 0.15) is 30.4 Å². The van der Waals surface area contributed by atoms with Gasteiger partial charge in [0.2, 0.25) is 5.91 Å². The van der Waals surface area contributed by atoms with Crippen molar-refractivity contribution in [3.05, 3.63) is 35.4 Å². The van der Waals surface area contributed by atoms with Gasteiger partial charge in [0.25, 0.3) is 0 Å². The van der Waals surface area contributed by atoms with E-state index in [4.69, 9.17) is 15.7 Å². The summed E-state index contributed by atoms with van der Waals surface area (Å²) < 4.78 is 5.42. The van der Waals surface area contributed by atoms with E-state index in [-0.39, 0.29) is 17.8 Å². The summed E-state index contributed by atoms with van der Waals surface area (Å²) in [6.45, 7) is 1.04. The van der Waals surface area contributed by atoms with E-state index in [0.29, 0.717) is 18.7 Å². The Morgan fingerprint density at radius 3 is 3.05 bits per heavy atom. The van der Waals surface area contributed by atoms with Gasteiger partial charge in [-0.3, -0.25) is 4.79 Å². The lowest BCUT2D eigenvalue weighted by molar-refractivity contribution is -0.135. The van der Waals surface area contributed by atoms with Gasteiger partial charge in [-0.2, -0.15) is 0 Å². The van der Waals surface area contributed by atoms with Crippen LogP contribution in [0, 0.1) is 0 Å². The zero-order chi connectivity index (χ0) is 14.4. The molecule has 4 N–H and O–H groups in total. The standard InChI is InChI=1S/C14H19N3O3/c15-13(17-19)11-5-3-4-10(8-11)9-16-14(18)12-6-1-2-7-20-12/h3-5,8,12,19H,1-2,6-7,9H2,(H2,15,17)(H,16,18). The van der Waals surface area contributed by atoms with Crippen molar-refractivity contribution in [2.45, 2.75) is 31.9 Å². The number of amides is 1. The Bertz CT molecular complexity index is 496. The fourth-order valence-corrected chi connectivity index (χ4v) is 2.15. The lowest BCUT2D eigenvalue weighted by atomic mass is 10.1. The molecule has 1 aliphatic heterocycles. The largest absolute Gasteiger partial charge is 0.409 e. The minimum atomic E-state index is -0.337. The van der Waals surface area contributed by atoms with Crippen LogP contribution < -0.4 is 11.1 Å². The van der Waals surface area contributed by atoms with Crippen LogP contribution >= 0.6 is 0 Å². The average molecular weight is 277 g/mol. The Morgan fingerprint density at radius 1 is 1.50 bits per heavy atom. The minimum Gasteiger partial charge on any atom is -0.409 e. The Balaban J connectivity index is 1.91. The third kappa shape index (κ3) is 3.71. The third-order valence-electron chi connectivity index (χ3n) is 3.27. The highest BCUT2D eigenvalue weighted by molar-refractivity contribution is 5.97. The van der Waals surface area contributed by atoms with E-state index < -0.39 is 0 Å². The highest BCUT2D eigenvalue weighted by atomic mass is 16.5. The number of oxime groups is 1. The van der Waals surface area contributed by atoms with Crippen molar-refractivity contribution in [2.75, 3.05) is 6.61 Å². The summed E-state index contributed by atoms with van der Waals surface area (Å²) >= 11 is 0. The molecule has 1 atom stereocenters. The number of benzene rings is 1. The van der Waals surface area contributed by atoms with Gasteiger partial charge in [-0.1, -0.05) is 23.4 Å². The number of amidine groups is 1. The van der Waals surface area contributed by atoms with Gasteiger partial charge in [0.05, 0.1) is 0 Å². The predicted octanol–water partition coefficient (Wildman–Crippen LogP) is 0.966. The molecular weight excluding hydrogens is 258 g/mol. The molecular formula is C14H19N3O3. The molecule has 2 rings (SSSR count). The number of nitrogens with two attached hydrogens (primary N) is 1. The van der Waals surface area contributed by atoms with Crippen molar-refractivity contribution in [1.29, 1.82) is 0 Å². The number of nitrogens with one attached hydrogen (secondary N) is 1. The summed E-state index contributed by atoms with van der Waals surface area (Å²) in [5, 5.41) is 14.4. The smallest absolute Gasteiger partial charge is 0.249 e. The zero-order valence-electron chi connectivity index (χ0n) is 11.2. The highest BCUT2D eigenvalue weighted by Gasteiger charge is 2.21. The Labute approximate surface area is 117 Å². The van der Waals surface area contributed by atoms with Crippen LogP contribution in [0.5, 0.6) is 0 Å². The normalized spacial score (nSPS) is 19.6. The van der Waals surface area contributed by atoms with Crippen molar-refractivity contribution >= 4 is 11.7 Å². The van der Waals surface area contributed by atoms with Crippen molar-refractivity contribution in [2.24, 2.45) is 10.9 Å². The molecule has 1 aromatic carbocycles. The number of carbonyl (C=O) groups excluding carboxylic acids is 1. The first-order valence-corrected chi connectivity index (χ1v) is 6.67. The fraction of sp³-hybridized carbons (Fsp3) is 0.429. The Morgan fingerprint density at radius 2 is 2.35 bits per heavy atom. The number of hydrogen-bond donors (Lipinski definition) is 3. The van der Waals surface area contributed by atoms with E-state index in [1.165, 1.54) is 0 Å². The second-order valence-corrected chi connectivity index (χ2v) is 4.76. The summed E-state index contributed by atoms with van der Waals surface area (Å²) in [5.74, 6) is -0.0345. The Hall–Kier alpha value is -2.08. The van der Waals surface area contributed by atoms with Crippen molar-refractivity contribution in [1.82, 2.24) is 5.32 Å². The third-order valence-corrected chi connectivity index (χ3v) is 3.27. The van der Waals surface area contributed by atoms with Gasteiger partial charge in [0.1, 0.15) is 6.10 Å². The number of nitrogens with zero attached hydrogens (tertiary/aromatic N) is 1. The first-order valence-electron chi connectivity index (χ1n) is 6.67. The lowest BCUT2D eigenvalue weighted by Gasteiger charge is -2.21. The van der Waals surface area contributed by atoms with E-state index in [9.17, 15) is 4.79 Å². The summed E-state index contributed by atoms with van der Waals surface area (Å²) in [4.78, 5) is 11.9. The quantitative estimate of drug-likeness (QED) is 0.330. The van der Waals surface area contributed by atoms with Crippen LogP contribution in [0.2, 0.25) is 0 Å². The van der Waals surface area contributed by atoms with Crippen LogP contribution in [0.25, 0.3) is 0 Å². The molecule has 20 heavy (non-hydrogen) atoms. The molecule has 0 aliphatic carbocycles. The molecule has 1 saturated heterocycles. The van der Waals surface area contributed by atoms with Crippen LogP contribution in [0.4, 0.5) is 0 Å². The zero-order valence-corrected chi connectivity index (χ0v) is 11.2. The van der Waals surface area contributed by atoms with Gasteiger partial charge in [-0.05, 0) is 30.9 Å². The number of carbonyl (C=O) groups is 1. The maximum absolute atomic E-state index is 11.9. The van der Waals surface area contributed by atoms with Crippen LogP contribution in [0.15, 0.2) is 29.4 Å². The molecule has 1 aliphatic rings. The van der Waals surface area contributed by atoms with Gasteiger partial charge < -0.3 is 21.0 Å². The number of rotatable bonds is 4. The van der Waals surface area contributed by atoms with E-state index >= 15 is 0 Å². The molecule has 1 amide bonds. The van der Waals surface area contributed by atoms with E-state index in [0.717, 1.165) is 24.8 Å². The molecule has 1 unspecified atom stereocenters. The molecule has 0 saturated carbocycles. The summed E-state index contributed by atoms with van der Waals surface area (Å²) in [7, 11) is 0. The molecule has 0 radical (unpaired) electrons. The van der Waals surface area contributed by atoms with Crippen LogP contribution in [0.3, 0.4) is 0 Å². The maximum atomic E-state index is 11.9. The fourth-order valence-electron chi connectivity index (χ4n) is 2.15. The highest BCUT2D eigenvalue weighted by Crippen LogP contribution is 2.13. The summed E-state index contributed by atoms with van der Waals surface area (Å²) in [6, 6.07) is 7.18. The van der Waals surface area contributed by atoms with Crippen molar-refractivity contribution in [3.63, 3.8) is 0 Å². The lowest BCUT2D eigenvalue weighted by Crippen LogP contribution is -2.38. The molecule has 0 bridgehead atoms. The first-order chi connectivity index (χ1) is 9.70. The van der Waals surface area contributed by atoms with E-state index in [1.54, 1.807) is 18.2 Å². The molecule has 6 heteroatoms. The van der Waals surface area contributed by atoms with Gasteiger partial charge in [0, 0.05) is 18.7 Å². The number of ether oxygens (including phenoxy) is 1. The van der Waals surface area contributed by atoms with Gasteiger partial charge in [-0.15, -0.1) is 0 Å². The van der Waals surface area contributed by atoms with Crippen LogP contribution in [-0.2, 0) is 16.1 Å². The molecule has 1 heterocycles. The monoisotopic (exact) mass is 277 g/mol. The summed E-state index contributed by atoms with van der Waals surface area (Å²) in [5.41, 5.74) is 7.03. The van der Waals surface area contributed by atoms with Gasteiger partial charge >= 0.3 is 0 Å². The molecule has 1 fully saturated rings. The molecule has 0 aromatic heterocycles. The van der Waals surface area contributed by atoms with Crippen LogP contribution in [-0.4, -0.2) is 29.7 Å². The second-order valence-electron chi connectivity index (χ2n) is 4.76.